The summed E-state index contributed by atoms with van der Waals surface area (Å²) in [5.74, 6) is 1.20. The van der Waals surface area contributed by atoms with Gasteiger partial charge in [0.15, 0.2) is 0 Å². The lowest BCUT2D eigenvalue weighted by Crippen LogP contribution is -2.36. The first-order chi connectivity index (χ1) is 5.34. The highest BCUT2D eigenvalue weighted by Crippen LogP contribution is 2.40. The van der Waals surface area contributed by atoms with E-state index in [9.17, 15) is 4.79 Å². The molecule has 11 heavy (non-hydrogen) atoms. The second kappa shape index (κ2) is 1.60. The van der Waals surface area contributed by atoms with Gasteiger partial charge in [0.2, 0.25) is 0 Å². The van der Waals surface area contributed by atoms with Crippen molar-refractivity contribution in [3.05, 3.63) is 12.2 Å². The van der Waals surface area contributed by atoms with Crippen molar-refractivity contribution >= 4 is 6.03 Å². The third kappa shape index (κ3) is 0.564. The van der Waals surface area contributed by atoms with Crippen molar-refractivity contribution in [3.63, 3.8) is 0 Å². The van der Waals surface area contributed by atoms with Crippen LogP contribution in [0.3, 0.4) is 0 Å². The number of hydrogen-bond acceptors (Lipinski definition) is 1. The summed E-state index contributed by atoms with van der Waals surface area (Å²) in [5, 5.41) is 5.89. The molecular formula is C8H10N2O. The Bertz CT molecular complexity index is 226. The molecule has 1 saturated carbocycles. The average Bonchev–Trinajstić information content (AvgIpc) is 2.53. The van der Waals surface area contributed by atoms with E-state index in [1.165, 1.54) is 6.42 Å². The Balaban J connectivity index is 1.97. The van der Waals surface area contributed by atoms with Crippen LogP contribution in [0.15, 0.2) is 12.2 Å². The zero-order valence-corrected chi connectivity index (χ0v) is 6.08. The fourth-order valence-corrected chi connectivity index (χ4v) is 2.56. The molecule has 3 aliphatic rings. The summed E-state index contributed by atoms with van der Waals surface area (Å²) in [6, 6.07) is 0.786. The molecular weight excluding hydrogens is 140 g/mol. The zero-order chi connectivity index (χ0) is 7.42. The average molecular weight is 150 g/mol. The van der Waals surface area contributed by atoms with E-state index in [0.29, 0.717) is 23.9 Å². The van der Waals surface area contributed by atoms with E-state index < -0.39 is 0 Å². The molecule has 3 rings (SSSR count). The van der Waals surface area contributed by atoms with E-state index in [4.69, 9.17) is 0 Å². The van der Waals surface area contributed by atoms with Gasteiger partial charge in [0, 0.05) is 0 Å². The number of urea groups is 1. The highest BCUT2D eigenvalue weighted by Gasteiger charge is 2.49. The minimum Gasteiger partial charge on any atom is -0.333 e. The van der Waals surface area contributed by atoms with Gasteiger partial charge in [0.25, 0.3) is 0 Å². The molecule has 1 saturated heterocycles. The maximum absolute atomic E-state index is 10.9. The van der Waals surface area contributed by atoms with Gasteiger partial charge in [-0.15, -0.1) is 0 Å². The summed E-state index contributed by atoms with van der Waals surface area (Å²) in [4.78, 5) is 10.9. The van der Waals surface area contributed by atoms with Crippen molar-refractivity contribution in [2.24, 2.45) is 11.8 Å². The first-order valence-electron chi connectivity index (χ1n) is 4.10. The molecule has 0 aromatic heterocycles. The van der Waals surface area contributed by atoms with Gasteiger partial charge in [-0.25, -0.2) is 4.79 Å². The van der Waals surface area contributed by atoms with E-state index in [1.807, 2.05) is 0 Å². The number of amides is 2. The molecule has 3 heteroatoms. The maximum atomic E-state index is 10.9. The number of nitrogens with one attached hydrogen (secondary N) is 2. The van der Waals surface area contributed by atoms with Crippen molar-refractivity contribution < 1.29 is 4.79 Å². The van der Waals surface area contributed by atoms with E-state index in [-0.39, 0.29) is 6.03 Å². The summed E-state index contributed by atoms with van der Waals surface area (Å²) in [5.41, 5.74) is 0. The minimum absolute atomic E-state index is 0.0124. The smallest absolute Gasteiger partial charge is 0.315 e. The van der Waals surface area contributed by atoms with Gasteiger partial charge < -0.3 is 10.6 Å². The molecule has 2 aliphatic carbocycles. The number of carbonyl (C=O) groups excluding carboxylic acids is 1. The van der Waals surface area contributed by atoms with Crippen LogP contribution in [0.1, 0.15) is 6.42 Å². The topological polar surface area (TPSA) is 41.1 Å². The van der Waals surface area contributed by atoms with Crippen LogP contribution >= 0.6 is 0 Å². The molecule has 1 aliphatic heterocycles. The van der Waals surface area contributed by atoms with Crippen LogP contribution < -0.4 is 10.6 Å². The summed E-state index contributed by atoms with van der Waals surface area (Å²) in [6.07, 6.45) is 5.70. The minimum atomic E-state index is 0.0124. The predicted octanol–water partition coefficient (Wildman–Crippen LogP) is 0.242. The van der Waals surface area contributed by atoms with Crippen LogP contribution in [0, 0.1) is 11.8 Å². The Morgan fingerprint density at radius 1 is 1.18 bits per heavy atom. The summed E-state index contributed by atoms with van der Waals surface area (Å²) in [7, 11) is 0. The molecule has 4 atom stereocenters. The molecule has 58 valence electrons. The molecule has 2 fully saturated rings. The van der Waals surface area contributed by atoms with Crippen molar-refractivity contribution in [2.45, 2.75) is 18.5 Å². The lowest BCUT2D eigenvalue weighted by Gasteiger charge is -2.17. The fraction of sp³-hybridized carbons (Fsp3) is 0.625. The molecule has 1 heterocycles. The third-order valence-corrected chi connectivity index (χ3v) is 3.05. The van der Waals surface area contributed by atoms with Crippen molar-refractivity contribution in [2.75, 3.05) is 0 Å². The van der Waals surface area contributed by atoms with Crippen molar-refractivity contribution in [1.29, 1.82) is 0 Å². The fourth-order valence-electron chi connectivity index (χ4n) is 2.56. The van der Waals surface area contributed by atoms with Gasteiger partial charge in [-0.05, 0) is 18.3 Å². The van der Waals surface area contributed by atoms with Gasteiger partial charge in [0.1, 0.15) is 0 Å². The lowest BCUT2D eigenvalue weighted by molar-refractivity contribution is 0.245. The standard InChI is InChI=1S/C8H10N2O/c11-8-9-6-4-1-2-5(3-4)7(6)10-8/h1-2,4-7H,3H2,(H2,9,10,11)/t4-,5+,6-,7+. The van der Waals surface area contributed by atoms with E-state index >= 15 is 0 Å². The summed E-state index contributed by atoms with van der Waals surface area (Å²) < 4.78 is 0. The van der Waals surface area contributed by atoms with Crippen LogP contribution in [0.4, 0.5) is 4.79 Å². The monoisotopic (exact) mass is 150 g/mol. The Hall–Kier alpha value is -0.990. The van der Waals surface area contributed by atoms with Crippen molar-refractivity contribution in [3.8, 4) is 0 Å². The Morgan fingerprint density at radius 3 is 2.27 bits per heavy atom. The van der Waals surface area contributed by atoms with Crippen LogP contribution in [-0.2, 0) is 0 Å². The number of hydrogen-bond donors (Lipinski definition) is 2. The quantitative estimate of drug-likeness (QED) is 0.477. The van der Waals surface area contributed by atoms with Crippen LogP contribution in [0.5, 0.6) is 0 Å². The summed E-state index contributed by atoms with van der Waals surface area (Å²) in [6.45, 7) is 0. The Kier molecular flexibility index (Phi) is 0.819. The highest BCUT2D eigenvalue weighted by molar-refractivity contribution is 5.78. The molecule has 3 nitrogen and oxygen atoms in total. The molecule has 0 aromatic rings. The number of carbonyl (C=O) groups is 1. The highest BCUT2D eigenvalue weighted by atomic mass is 16.2. The van der Waals surface area contributed by atoms with Crippen molar-refractivity contribution in [1.82, 2.24) is 10.6 Å². The largest absolute Gasteiger partial charge is 0.333 e. The summed E-state index contributed by atoms with van der Waals surface area (Å²) >= 11 is 0. The first kappa shape index (κ1) is 5.63. The SMILES string of the molecule is O=C1N[C@@H]2[C@H](N1)[C@@H]1C=C[C@H]2C1. The van der Waals surface area contributed by atoms with Crippen LogP contribution in [0.2, 0.25) is 0 Å². The second-order valence-electron chi connectivity index (χ2n) is 3.62. The molecule has 0 aromatic carbocycles. The van der Waals surface area contributed by atoms with Crippen LogP contribution in [-0.4, -0.2) is 18.1 Å². The third-order valence-electron chi connectivity index (χ3n) is 3.05. The van der Waals surface area contributed by atoms with Gasteiger partial charge >= 0.3 is 6.03 Å². The lowest BCUT2D eigenvalue weighted by atomic mass is 9.98. The van der Waals surface area contributed by atoms with E-state index in [0.717, 1.165) is 0 Å². The predicted molar refractivity (Wildman–Crippen MR) is 40.0 cm³/mol. The molecule has 0 radical (unpaired) electrons. The number of fused-ring (bicyclic) bond motifs is 5. The number of rotatable bonds is 0. The normalized spacial score (nSPS) is 50.7. The van der Waals surface area contributed by atoms with Gasteiger partial charge in [-0.2, -0.15) is 0 Å². The van der Waals surface area contributed by atoms with Gasteiger partial charge in [0.05, 0.1) is 12.1 Å². The Labute approximate surface area is 64.8 Å². The molecule has 2 bridgehead atoms. The Morgan fingerprint density at radius 2 is 1.73 bits per heavy atom. The molecule has 0 unspecified atom stereocenters. The first-order valence-corrected chi connectivity index (χ1v) is 4.10. The van der Waals surface area contributed by atoms with E-state index in [2.05, 4.69) is 22.8 Å². The van der Waals surface area contributed by atoms with E-state index in [1.54, 1.807) is 0 Å². The molecule has 2 amide bonds. The van der Waals surface area contributed by atoms with Gasteiger partial charge in [-0.1, -0.05) is 12.2 Å². The zero-order valence-electron chi connectivity index (χ0n) is 6.08. The second-order valence-corrected chi connectivity index (χ2v) is 3.62. The van der Waals surface area contributed by atoms with Gasteiger partial charge in [-0.3, -0.25) is 0 Å². The molecule has 0 spiro atoms. The molecule has 2 N–H and O–H groups in total. The van der Waals surface area contributed by atoms with Crippen LogP contribution in [0.25, 0.3) is 0 Å². The maximum Gasteiger partial charge on any atom is 0.315 e.